The van der Waals surface area contributed by atoms with Crippen LogP contribution < -0.4 is 5.73 Å². The minimum atomic E-state index is -0.0370. The lowest BCUT2D eigenvalue weighted by Crippen LogP contribution is -2.37. The van der Waals surface area contributed by atoms with Crippen LogP contribution in [0.3, 0.4) is 0 Å². The van der Waals surface area contributed by atoms with E-state index in [-0.39, 0.29) is 11.9 Å². The van der Waals surface area contributed by atoms with Crippen molar-refractivity contribution in [3.05, 3.63) is 11.4 Å². The highest BCUT2D eigenvalue weighted by Crippen LogP contribution is 2.35. The van der Waals surface area contributed by atoms with E-state index in [9.17, 15) is 4.79 Å². The van der Waals surface area contributed by atoms with E-state index >= 15 is 0 Å². The highest BCUT2D eigenvalue weighted by Gasteiger charge is 2.34. The number of nitrogens with two attached hydrogens (primary N) is 1. The first-order valence-corrected chi connectivity index (χ1v) is 5.99. The molecule has 17 heavy (non-hydrogen) atoms. The number of amides is 1. The summed E-state index contributed by atoms with van der Waals surface area (Å²) in [4.78, 5) is 14.1. The molecule has 1 amide bonds. The maximum absolute atomic E-state index is 12.4. The molecule has 0 aromatic carbocycles. The van der Waals surface area contributed by atoms with Crippen LogP contribution >= 0.6 is 0 Å². The third-order valence-electron chi connectivity index (χ3n) is 3.71. The molecule has 1 aliphatic carbocycles. The summed E-state index contributed by atoms with van der Waals surface area (Å²) in [7, 11) is 3.60. The van der Waals surface area contributed by atoms with Crippen LogP contribution in [0.15, 0.2) is 0 Å². The summed E-state index contributed by atoms with van der Waals surface area (Å²) in [5.41, 5.74) is 7.61. The number of aryl methyl sites for hydroxylation is 2. The maximum atomic E-state index is 12.4. The molecular weight excluding hydrogens is 216 g/mol. The molecule has 1 aromatic heterocycles. The zero-order valence-corrected chi connectivity index (χ0v) is 10.9. The molecule has 0 bridgehead atoms. The summed E-state index contributed by atoms with van der Waals surface area (Å²) in [5, 5.41) is 4.18. The Morgan fingerprint density at radius 2 is 2.18 bits per heavy atom. The minimum Gasteiger partial charge on any atom is -0.395 e. The molecule has 0 spiro atoms. The molecule has 1 fully saturated rings. The Hall–Kier alpha value is -1.52. The van der Waals surface area contributed by atoms with Gasteiger partial charge < -0.3 is 10.6 Å². The summed E-state index contributed by atoms with van der Waals surface area (Å²) in [6.45, 7) is 3.91. The van der Waals surface area contributed by atoms with Crippen LogP contribution in [0.25, 0.3) is 0 Å². The molecule has 94 valence electrons. The van der Waals surface area contributed by atoms with Crippen LogP contribution in [0.4, 0.5) is 5.69 Å². The quantitative estimate of drug-likeness (QED) is 0.857. The number of rotatable bonds is 3. The summed E-state index contributed by atoms with van der Waals surface area (Å²) in [6.07, 6.45) is 2.44. The van der Waals surface area contributed by atoms with Crippen molar-refractivity contribution in [3.8, 4) is 0 Å². The Morgan fingerprint density at radius 3 is 2.59 bits per heavy atom. The van der Waals surface area contributed by atoms with Gasteiger partial charge >= 0.3 is 0 Å². The lowest BCUT2D eigenvalue weighted by molar-refractivity contribution is 0.0717. The average Bonchev–Trinajstić information content (AvgIpc) is 3.07. The van der Waals surface area contributed by atoms with Gasteiger partial charge in [0.05, 0.1) is 11.4 Å². The first kappa shape index (κ1) is 12.0. The standard InChI is InChI=1S/C12H20N4O/c1-7-10(13)11(16(4)14-7)12(17)15(3)8(2)9-5-6-9/h8-9H,5-6,13H2,1-4H3. The van der Waals surface area contributed by atoms with Gasteiger partial charge in [-0.2, -0.15) is 5.10 Å². The summed E-state index contributed by atoms with van der Waals surface area (Å²) in [5.74, 6) is 0.615. The van der Waals surface area contributed by atoms with E-state index < -0.39 is 0 Å². The van der Waals surface area contributed by atoms with Gasteiger partial charge in [0.1, 0.15) is 5.69 Å². The molecule has 0 radical (unpaired) electrons. The number of aromatic nitrogens is 2. The highest BCUT2D eigenvalue weighted by molar-refractivity contribution is 5.98. The Bertz CT molecular complexity index is 448. The summed E-state index contributed by atoms with van der Waals surface area (Å²) in [6, 6.07) is 0.275. The SMILES string of the molecule is Cc1nn(C)c(C(=O)N(C)C(C)C2CC2)c1N. The average molecular weight is 236 g/mol. The van der Waals surface area contributed by atoms with Crippen molar-refractivity contribution < 1.29 is 4.79 Å². The second-order valence-corrected chi connectivity index (χ2v) is 4.97. The van der Waals surface area contributed by atoms with Crippen LogP contribution in [0, 0.1) is 12.8 Å². The molecular formula is C12H20N4O. The molecule has 1 saturated carbocycles. The number of anilines is 1. The lowest BCUT2D eigenvalue weighted by Gasteiger charge is -2.25. The maximum Gasteiger partial charge on any atom is 0.274 e. The first-order valence-electron chi connectivity index (χ1n) is 5.99. The molecule has 5 heteroatoms. The topological polar surface area (TPSA) is 64.2 Å². The smallest absolute Gasteiger partial charge is 0.274 e. The van der Waals surface area contributed by atoms with Crippen LogP contribution in [0.1, 0.15) is 35.9 Å². The van der Waals surface area contributed by atoms with Crippen molar-refractivity contribution in [1.82, 2.24) is 14.7 Å². The van der Waals surface area contributed by atoms with Gasteiger partial charge in [-0.1, -0.05) is 0 Å². The molecule has 0 saturated heterocycles. The van der Waals surface area contributed by atoms with Crippen LogP contribution in [0.5, 0.6) is 0 Å². The van der Waals surface area contributed by atoms with Gasteiger partial charge in [-0.15, -0.1) is 0 Å². The predicted octanol–water partition coefficient (Wildman–Crippen LogP) is 1.18. The summed E-state index contributed by atoms with van der Waals surface area (Å²) < 4.78 is 1.57. The fourth-order valence-electron chi connectivity index (χ4n) is 2.18. The van der Waals surface area contributed by atoms with E-state index in [0.29, 0.717) is 23.0 Å². The third kappa shape index (κ3) is 2.01. The number of carbonyl (C=O) groups is 1. The fourth-order valence-corrected chi connectivity index (χ4v) is 2.18. The van der Waals surface area contributed by atoms with Gasteiger partial charge in [-0.05, 0) is 32.6 Å². The largest absolute Gasteiger partial charge is 0.395 e. The minimum absolute atomic E-state index is 0.0370. The molecule has 0 aliphatic heterocycles. The van der Waals surface area contributed by atoms with Crippen molar-refractivity contribution in [2.75, 3.05) is 12.8 Å². The second-order valence-electron chi connectivity index (χ2n) is 4.97. The van der Waals surface area contributed by atoms with Gasteiger partial charge in [0, 0.05) is 20.1 Å². The Morgan fingerprint density at radius 1 is 1.59 bits per heavy atom. The van der Waals surface area contributed by atoms with Gasteiger partial charge in [0.15, 0.2) is 0 Å². The Balaban J connectivity index is 2.23. The first-order chi connectivity index (χ1) is 7.93. The molecule has 2 N–H and O–H groups in total. The van der Waals surface area contributed by atoms with E-state index in [1.807, 2.05) is 14.0 Å². The molecule has 1 unspecified atom stereocenters. The monoisotopic (exact) mass is 236 g/mol. The number of nitrogen functional groups attached to an aromatic ring is 1. The lowest BCUT2D eigenvalue weighted by atomic mass is 10.1. The van der Waals surface area contributed by atoms with E-state index in [2.05, 4.69) is 12.0 Å². The van der Waals surface area contributed by atoms with Gasteiger partial charge in [0.25, 0.3) is 5.91 Å². The molecule has 5 nitrogen and oxygen atoms in total. The van der Waals surface area contributed by atoms with Crippen LogP contribution in [-0.2, 0) is 7.05 Å². The fraction of sp³-hybridized carbons (Fsp3) is 0.667. The Labute approximate surface area is 102 Å². The van der Waals surface area contributed by atoms with Crippen molar-refractivity contribution >= 4 is 11.6 Å². The normalized spacial score (nSPS) is 16.9. The van der Waals surface area contributed by atoms with E-state index in [4.69, 9.17) is 5.73 Å². The van der Waals surface area contributed by atoms with Crippen molar-refractivity contribution in [2.45, 2.75) is 32.7 Å². The number of carbonyl (C=O) groups excluding carboxylic acids is 1. The zero-order chi connectivity index (χ0) is 12.7. The van der Waals surface area contributed by atoms with E-state index in [1.165, 1.54) is 12.8 Å². The molecule has 2 rings (SSSR count). The molecule has 1 aliphatic rings. The van der Waals surface area contributed by atoms with E-state index in [0.717, 1.165) is 0 Å². The second kappa shape index (κ2) is 4.05. The predicted molar refractivity (Wildman–Crippen MR) is 66.6 cm³/mol. The Kier molecular flexibility index (Phi) is 2.85. The van der Waals surface area contributed by atoms with Crippen molar-refractivity contribution in [3.63, 3.8) is 0 Å². The number of nitrogens with zero attached hydrogens (tertiary/aromatic N) is 3. The zero-order valence-electron chi connectivity index (χ0n) is 10.9. The van der Waals surface area contributed by atoms with E-state index in [1.54, 1.807) is 16.6 Å². The molecule has 1 aromatic rings. The number of hydrogen-bond acceptors (Lipinski definition) is 3. The van der Waals surface area contributed by atoms with Crippen molar-refractivity contribution in [2.24, 2.45) is 13.0 Å². The summed E-state index contributed by atoms with van der Waals surface area (Å²) >= 11 is 0. The van der Waals surface area contributed by atoms with Gasteiger partial charge in [0.2, 0.25) is 0 Å². The van der Waals surface area contributed by atoms with Crippen LogP contribution in [-0.4, -0.2) is 33.7 Å². The van der Waals surface area contributed by atoms with Gasteiger partial charge in [-0.25, -0.2) is 0 Å². The number of hydrogen-bond donors (Lipinski definition) is 1. The third-order valence-corrected chi connectivity index (χ3v) is 3.71. The van der Waals surface area contributed by atoms with Gasteiger partial charge in [-0.3, -0.25) is 9.48 Å². The van der Waals surface area contributed by atoms with Crippen molar-refractivity contribution in [1.29, 1.82) is 0 Å². The highest BCUT2D eigenvalue weighted by atomic mass is 16.2. The molecule has 1 atom stereocenters. The molecule has 1 heterocycles. The van der Waals surface area contributed by atoms with Crippen LogP contribution in [0.2, 0.25) is 0 Å².